The van der Waals surface area contributed by atoms with Gasteiger partial charge in [-0.15, -0.1) is 0 Å². The van der Waals surface area contributed by atoms with Crippen molar-refractivity contribution in [1.29, 1.82) is 0 Å². The van der Waals surface area contributed by atoms with Crippen LogP contribution in [-0.4, -0.2) is 29.6 Å². The fourth-order valence-corrected chi connectivity index (χ4v) is 1.84. The van der Waals surface area contributed by atoms with Crippen LogP contribution in [0.5, 0.6) is 0 Å². The van der Waals surface area contributed by atoms with Gasteiger partial charge in [-0.2, -0.15) is 0 Å². The molecular weight excluding hydrogens is 202 g/mol. The van der Waals surface area contributed by atoms with E-state index < -0.39 is 0 Å². The number of likely N-dealkylation sites (N-methyl/N-ethyl adjacent to an activating group) is 1. The van der Waals surface area contributed by atoms with Crippen molar-refractivity contribution < 1.29 is 0 Å². The van der Waals surface area contributed by atoms with E-state index in [0.29, 0.717) is 12.2 Å². The van der Waals surface area contributed by atoms with Crippen LogP contribution in [-0.2, 0) is 6.54 Å². The summed E-state index contributed by atoms with van der Waals surface area (Å²) in [6.07, 6.45) is 4.44. The van der Waals surface area contributed by atoms with E-state index in [-0.39, 0.29) is 5.56 Å². The molecule has 0 saturated heterocycles. The SMILES string of the molecule is CN(CCn1cc(N)ccc1=O)CC1CC1. The number of aromatic nitrogens is 1. The summed E-state index contributed by atoms with van der Waals surface area (Å²) in [4.78, 5) is 13.8. The number of rotatable bonds is 5. The Bertz CT molecular complexity index is 409. The second kappa shape index (κ2) is 4.70. The smallest absolute Gasteiger partial charge is 0.250 e. The first-order chi connectivity index (χ1) is 7.65. The summed E-state index contributed by atoms with van der Waals surface area (Å²) in [6.45, 7) is 2.77. The minimum absolute atomic E-state index is 0.0222. The van der Waals surface area contributed by atoms with Crippen molar-refractivity contribution in [3.8, 4) is 0 Å². The highest BCUT2D eigenvalue weighted by Gasteiger charge is 2.22. The van der Waals surface area contributed by atoms with Crippen LogP contribution >= 0.6 is 0 Å². The largest absolute Gasteiger partial charge is 0.398 e. The molecule has 1 aliphatic rings. The highest BCUT2D eigenvalue weighted by molar-refractivity contribution is 5.33. The third-order valence-electron chi connectivity index (χ3n) is 3.00. The second-order valence-electron chi connectivity index (χ2n) is 4.70. The molecule has 4 nitrogen and oxygen atoms in total. The van der Waals surface area contributed by atoms with Crippen molar-refractivity contribution in [2.24, 2.45) is 5.92 Å². The molecule has 16 heavy (non-hydrogen) atoms. The van der Waals surface area contributed by atoms with Gasteiger partial charge >= 0.3 is 0 Å². The van der Waals surface area contributed by atoms with Gasteiger partial charge in [-0.25, -0.2) is 0 Å². The Morgan fingerprint density at radius 1 is 1.50 bits per heavy atom. The Labute approximate surface area is 95.7 Å². The molecule has 0 unspecified atom stereocenters. The van der Waals surface area contributed by atoms with Crippen LogP contribution in [0.1, 0.15) is 12.8 Å². The summed E-state index contributed by atoms with van der Waals surface area (Å²) >= 11 is 0. The van der Waals surface area contributed by atoms with Gasteiger partial charge in [-0.05, 0) is 31.9 Å². The summed E-state index contributed by atoms with van der Waals surface area (Å²) in [7, 11) is 2.11. The fourth-order valence-electron chi connectivity index (χ4n) is 1.84. The van der Waals surface area contributed by atoms with Crippen LogP contribution < -0.4 is 11.3 Å². The molecule has 1 aliphatic carbocycles. The van der Waals surface area contributed by atoms with E-state index in [2.05, 4.69) is 11.9 Å². The van der Waals surface area contributed by atoms with E-state index in [0.717, 1.165) is 19.0 Å². The molecule has 4 heteroatoms. The van der Waals surface area contributed by atoms with Gasteiger partial charge in [0.1, 0.15) is 0 Å². The van der Waals surface area contributed by atoms with Crippen molar-refractivity contribution in [3.63, 3.8) is 0 Å². The molecule has 1 saturated carbocycles. The molecule has 0 aromatic carbocycles. The lowest BCUT2D eigenvalue weighted by Gasteiger charge is -2.16. The molecule has 1 heterocycles. The molecule has 0 spiro atoms. The predicted octanol–water partition coefficient (Wildman–Crippen LogP) is 0.772. The maximum absolute atomic E-state index is 11.5. The van der Waals surface area contributed by atoms with Gasteiger partial charge in [-0.1, -0.05) is 0 Å². The highest BCUT2D eigenvalue weighted by atomic mass is 16.1. The Morgan fingerprint density at radius 3 is 2.94 bits per heavy atom. The van der Waals surface area contributed by atoms with Gasteiger partial charge in [-0.3, -0.25) is 4.79 Å². The lowest BCUT2D eigenvalue weighted by Crippen LogP contribution is -2.29. The van der Waals surface area contributed by atoms with Crippen LogP contribution in [0.25, 0.3) is 0 Å². The van der Waals surface area contributed by atoms with E-state index in [1.807, 2.05) is 0 Å². The van der Waals surface area contributed by atoms with Crippen LogP contribution in [0.3, 0.4) is 0 Å². The van der Waals surface area contributed by atoms with Gasteiger partial charge < -0.3 is 15.2 Å². The summed E-state index contributed by atoms with van der Waals surface area (Å²) < 4.78 is 1.68. The molecule has 88 valence electrons. The number of anilines is 1. The number of nitrogens with zero attached hydrogens (tertiary/aromatic N) is 2. The molecule has 0 atom stereocenters. The third-order valence-corrected chi connectivity index (χ3v) is 3.00. The zero-order valence-corrected chi connectivity index (χ0v) is 9.72. The zero-order chi connectivity index (χ0) is 11.5. The number of hydrogen-bond donors (Lipinski definition) is 1. The molecule has 2 rings (SSSR count). The van der Waals surface area contributed by atoms with Gasteiger partial charge in [0.15, 0.2) is 0 Å². The minimum Gasteiger partial charge on any atom is -0.398 e. The van der Waals surface area contributed by atoms with E-state index in [1.54, 1.807) is 16.8 Å². The summed E-state index contributed by atoms with van der Waals surface area (Å²) in [5, 5.41) is 0. The Kier molecular flexibility index (Phi) is 3.29. The van der Waals surface area contributed by atoms with Crippen molar-refractivity contribution in [2.45, 2.75) is 19.4 Å². The van der Waals surface area contributed by atoms with Crippen LogP contribution in [0.4, 0.5) is 5.69 Å². The topological polar surface area (TPSA) is 51.3 Å². The predicted molar refractivity (Wildman–Crippen MR) is 65.3 cm³/mol. The van der Waals surface area contributed by atoms with Crippen LogP contribution in [0.15, 0.2) is 23.1 Å². The summed E-state index contributed by atoms with van der Waals surface area (Å²) in [6, 6.07) is 3.17. The molecule has 2 N–H and O–H groups in total. The van der Waals surface area contributed by atoms with Crippen LogP contribution in [0, 0.1) is 5.92 Å². The van der Waals surface area contributed by atoms with E-state index >= 15 is 0 Å². The normalized spacial score (nSPS) is 15.6. The number of pyridine rings is 1. The Morgan fingerprint density at radius 2 is 2.25 bits per heavy atom. The van der Waals surface area contributed by atoms with Crippen LogP contribution in [0.2, 0.25) is 0 Å². The van der Waals surface area contributed by atoms with Crippen molar-refractivity contribution in [2.75, 3.05) is 25.9 Å². The fraction of sp³-hybridized carbons (Fsp3) is 0.583. The highest BCUT2D eigenvalue weighted by Crippen LogP contribution is 2.29. The Hall–Kier alpha value is -1.29. The van der Waals surface area contributed by atoms with Crippen molar-refractivity contribution in [1.82, 2.24) is 9.47 Å². The lowest BCUT2D eigenvalue weighted by atomic mass is 10.3. The number of nitrogen functional groups attached to an aromatic ring is 1. The first-order valence-electron chi connectivity index (χ1n) is 5.79. The van der Waals surface area contributed by atoms with E-state index in [4.69, 9.17) is 5.73 Å². The standard InChI is InChI=1S/C12H19N3O/c1-14(8-10-2-3-10)6-7-15-9-11(13)4-5-12(15)16/h4-5,9-10H,2-3,6-8,13H2,1H3. The Balaban J connectivity index is 1.87. The third kappa shape index (κ3) is 3.10. The average molecular weight is 221 g/mol. The monoisotopic (exact) mass is 221 g/mol. The van der Waals surface area contributed by atoms with Gasteiger partial charge in [0, 0.05) is 37.6 Å². The maximum atomic E-state index is 11.5. The molecule has 1 aromatic rings. The molecule has 1 fully saturated rings. The molecule has 0 bridgehead atoms. The van der Waals surface area contributed by atoms with E-state index in [1.165, 1.54) is 18.9 Å². The molecular formula is C12H19N3O. The number of hydrogen-bond acceptors (Lipinski definition) is 3. The van der Waals surface area contributed by atoms with Gasteiger partial charge in [0.25, 0.3) is 5.56 Å². The average Bonchev–Trinajstić information content (AvgIpc) is 3.03. The molecule has 0 radical (unpaired) electrons. The van der Waals surface area contributed by atoms with Crippen molar-refractivity contribution in [3.05, 3.63) is 28.7 Å². The lowest BCUT2D eigenvalue weighted by molar-refractivity contribution is 0.305. The first kappa shape index (κ1) is 11.2. The van der Waals surface area contributed by atoms with Gasteiger partial charge in [0.05, 0.1) is 0 Å². The van der Waals surface area contributed by atoms with Crippen molar-refractivity contribution >= 4 is 5.69 Å². The zero-order valence-electron chi connectivity index (χ0n) is 9.72. The van der Waals surface area contributed by atoms with E-state index in [9.17, 15) is 4.79 Å². The summed E-state index contributed by atoms with van der Waals surface area (Å²) in [5.41, 5.74) is 6.32. The molecule has 0 aliphatic heterocycles. The maximum Gasteiger partial charge on any atom is 0.250 e. The molecule has 0 amide bonds. The molecule has 1 aromatic heterocycles. The van der Waals surface area contributed by atoms with Gasteiger partial charge in [0.2, 0.25) is 0 Å². The quantitative estimate of drug-likeness (QED) is 0.799. The second-order valence-corrected chi connectivity index (χ2v) is 4.70. The minimum atomic E-state index is 0.0222. The first-order valence-corrected chi connectivity index (χ1v) is 5.79. The summed E-state index contributed by atoms with van der Waals surface area (Å²) in [5.74, 6) is 0.891. The number of nitrogens with two attached hydrogens (primary N) is 1.